The number of imidazole rings is 1. The summed E-state index contributed by atoms with van der Waals surface area (Å²) in [4.78, 5) is 35.5. The van der Waals surface area contributed by atoms with Gasteiger partial charge in [0.05, 0.1) is 17.7 Å². The molecule has 2 aliphatic rings. The average Bonchev–Trinajstić information content (AvgIpc) is 3.58. The van der Waals surface area contributed by atoms with Gasteiger partial charge in [-0.25, -0.2) is 19.3 Å². The van der Waals surface area contributed by atoms with Crippen molar-refractivity contribution < 1.29 is 13.6 Å². The summed E-state index contributed by atoms with van der Waals surface area (Å²) in [6.07, 6.45) is 13.3. The van der Waals surface area contributed by atoms with E-state index in [1.54, 1.807) is 41.8 Å². The number of aromatic nitrogens is 6. The molecule has 11 heteroatoms. The third-order valence-electron chi connectivity index (χ3n) is 5.75. The standard InChI is InChI=1S/C24H23FN8O2/c1-2-3-4-6-16(25)15-7-11-26-18(13-15)20-19-17(29-14-30-19)8-12-33(20)24(34)23-32-31-22(35-23)21-27-9-5-10-28-21/h3-6,9-10,13-14,20H,2,7-8,11-12H2,1H3,(H,29,30)/b4-3-,16-6+/t20-/m0/s1. The number of amides is 1. The predicted molar refractivity (Wildman–Crippen MR) is 125 cm³/mol. The Labute approximate surface area is 200 Å². The van der Waals surface area contributed by atoms with E-state index in [9.17, 15) is 9.18 Å². The van der Waals surface area contributed by atoms with Gasteiger partial charge in [-0.2, -0.15) is 0 Å². The Morgan fingerprint density at radius 2 is 2.11 bits per heavy atom. The summed E-state index contributed by atoms with van der Waals surface area (Å²) < 4.78 is 20.4. The summed E-state index contributed by atoms with van der Waals surface area (Å²) in [5, 5.41) is 7.86. The normalized spacial score (nSPS) is 18.4. The lowest BCUT2D eigenvalue weighted by Crippen LogP contribution is -2.44. The van der Waals surface area contributed by atoms with Crippen molar-refractivity contribution in [1.29, 1.82) is 0 Å². The number of carbonyl (C=O) groups is 1. The fraction of sp³-hybridized carbons (Fsp3) is 0.292. The molecule has 0 spiro atoms. The molecule has 0 saturated carbocycles. The van der Waals surface area contributed by atoms with Crippen LogP contribution in [0.4, 0.5) is 4.39 Å². The van der Waals surface area contributed by atoms with Gasteiger partial charge in [-0.1, -0.05) is 19.1 Å². The van der Waals surface area contributed by atoms with Crippen molar-refractivity contribution in [1.82, 2.24) is 35.0 Å². The van der Waals surface area contributed by atoms with Gasteiger partial charge in [0.1, 0.15) is 11.9 Å². The number of carbonyl (C=O) groups excluding carboxylic acids is 1. The largest absolute Gasteiger partial charge is 0.409 e. The number of nitrogens with one attached hydrogen (secondary N) is 1. The van der Waals surface area contributed by atoms with Gasteiger partial charge in [0.15, 0.2) is 0 Å². The summed E-state index contributed by atoms with van der Waals surface area (Å²) in [5.74, 6) is -0.696. The maximum absolute atomic E-state index is 14.8. The van der Waals surface area contributed by atoms with Gasteiger partial charge >= 0.3 is 11.8 Å². The maximum Gasteiger partial charge on any atom is 0.312 e. The van der Waals surface area contributed by atoms with E-state index in [2.05, 4.69) is 35.1 Å². The SMILES string of the molecule is CC/C=C\C=C(\F)C1=CC([C@H]2c3nc[nH]c3CCN2C(=O)c2nnc(-c3ncccn3)o2)=NCC1. The van der Waals surface area contributed by atoms with E-state index in [0.29, 0.717) is 42.9 Å². The van der Waals surface area contributed by atoms with Crippen LogP contribution < -0.4 is 0 Å². The summed E-state index contributed by atoms with van der Waals surface area (Å²) in [6, 6.07) is 1.05. The number of rotatable bonds is 6. The number of hydrogen-bond acceptors (Lipinski definition) is 8. The molecule has 1 atom stereocenters. The number of nitrogens with zero attached hydrogens (tertiary/aromatic N) is 7. The summed E-state index contributed by atoms with van der Waals surface area (Å²) in [6.45, 7) is 2.77. The molecule has 1 amide bonds. The number of aromatic amines is 1. The van der Waals surface area contributed by atoms with Crippen LogP contribution in [0.25, 0.3) is 11.7 Å². The van der Waals surface area contributed by atoms with Crippen LogP contribution in [0.15, 0.2) is 69.9 Å². The molecule has 35 heavy (non-hydrogen) atoms. The zero-order chi connectivity index (χ0) is 24.2. The quantitative estimate of drug-likeness (QED) is 0.541. The van der Waals surface area contributed by atoms with Crippen LogP contribution in [-0.2, 0) is 6.42 Å². The lowest BCUT2D eigenvalue weighted by Gasteiger charge is -2.35. The Kier molecular flexibility index (Phi) is 6.38. The van der Waals surface area contributed by atoms with E-state index in [0.717, 1.165) is 12.1 Å². The van der Waals surface area contributed by atoms with Crippen LogP contribution in [0, 0.1) is 0 Å². The Morgan fingerprint density at radius 3 is 2.94 bits per heavy atom. The van der Waals surface area contributed by atoms with Gasteiger partial charge in [-0.3, -0.25) is 9.79 Å². The van der Waals surface area contributed by atoms with Gasteiger partial charge in [0, 0.05) is 37.6 Å². The highest BCUT2D eigenvalue weighted by Gasteiger charge is 2.38. The molecule has 0 bridgehead atoms. The minimum Gasteiger partial charge on any atom is -0.409 e. The lowest BCUT2D eigenvalue weighted by molar-refractivity contribution is 0.0670. The van der Waals surface area contributed by atoms with E-state index in [-0.39, 0.29) is 23.4 Å². The fourth-order valence-corrected chi connectivity index (χ4v) is 4.08. The van der Waals surface area contributed by atoms with Gasteiger partial charge in [-0.15, -0.1) is 10.2 Å². The van der Waals surface area contributed by atoms with Crippen molar-refractivity contribution in [3.05, 3.63) is 77.8 Å². The molecule has 3 aromatic rings. The molecule has 1 N–H and O–H groups in total. The second kappa shape index (κ2) is 9.92. The van der Waals surface area contributed by atoms with Crippen molar-refractivity contribution in [3.8, 4) is 11.7 Å². The van der Waals surface area contributed by atoms with Gasteiger partial charge in [-0.05, 0) is 36.6 Å². The van der Waals surface area contributed by atoms with Gasteiger partial charge in [0.25, 0.3) is 5.89 Å². The van der Waals surface area contributed by atoms with Crippen LogP contribution in [0.2, 0.25) is 0 Å². The van der Waals surface area contributed by atoms with Crippen LogP contribution in [0.3, 0.4) is 0 Å². The molecule has 0 saturated heterocycles. The lowest BCUT2D eigenvalue weighted by atomic mass is 9.94. The van der Waals surface area contributed by atoms with Crippen LogP contribution in [0.5, 0.6) is 0 Å². The Hall–Kier alpha value is -4.28. The second-order valence-corrected chi connectivity index (χ2v) is 7.98. The molecule has 5 rings (SSSR count). The second-order valence-electron chi connectivity index (χ2n) is 7.98. The third kappa shape index (κ3) is 4.57. The van der Waals surface area contributed by atoms with Crippen molar-refractivity contribution in [2.45, 2.75) is 32.2 Å². The van der Waals surface area contributed by atoms with Crippen LogP contribution in [0.1, 0.15) is 47.9 Å². The first-order valence-electron chi connectivity index (χ1n) is 11.4. The highest BCUT2D eigenvalue weighted by molar-refractivity contribution is 6.04. The first-order chi connectivity index (χ1) is 17.2. The molecule has 178 valence electrons. The molecule has 0 aromatic carbocycles. The number of halogens is 1. The highest BCUT2D eigenvalue weighted by Crippen LogP contribution is 2.33. The molecular formula is C24H23FN8O2. The van der Waals surface area contributed by atoms with E-state index < -0.39 is 11.9 Å². The van der Waals surface area contributed by atoms with E-state index in [1.165, 1.54) is 6.08 Å². The summed E-state index contributed by atoms with van der Waals surface area (Å²) in [5.41, 5.74) is 2.67. The predicted octanol–water partition coefficient (Wildman–Crippen LogP) is 3.58. The molecule has 0 radical (unpaired) electrons. The number of fused-ring (bicyclic) bond motifs is 1. The number of allylic oxidation sites excluding steroid dienone is 4. The monoisotopic (exact) mass is 474 g/mol. The zero-order valence-electron chi connectivity index (χ0n) is 19.1. The topological polar surface area (TPSA) is 126 Å². The average molecular weight is 475 g/mol. The minimum absolute atomic E-state index is 0.0486. The Balaban J connectivity index is 1.47. The molecular weight excluding hydrogens is 451 g/mol. The van der Waals surface area contributed by atoms with Crippen molar-refractivity contribution in [3.63, 3.8) is 0 Å². The van der Waals surface area contributed by atoms with E-state index >= 15 is 0 Å². The molecule has 3 aromatic heterocycles. The molecule has 5 heterocycles. The highest BCUT2D eigenvalue weighted by atomic mass is 19.1. The van der Waals surface area contributed by atoms with Gasteiger partial charge in [0.2, 0.25) is 5.82 Å². The van der Waals surface area contributed by atoms with Crippen LogP contribution >= 0.6 is 0 Å². The first-order valence-corrected chi connectivity index (χ1v) is 11.4. The molecule has 10 nitrogen and oxygen atoms in total. The first kappa shape index (κ1) is 22.5. The van der Waals surface area contributed by atoms with E-state index in [4.69, 9.17) is 4.42 Å². The molecule has 0 aliphatic carbocycles. The third-order valence-corrected chi connectivity index (χ3v) is 5.75. The van der Waals surface area contributed by atoms with Crippen molar-refractivity contribution in [2.24, 2.45) is 4.99 Å². The number of dihydropyridines is 1. The van der Waals surface area contributed by atoms with E-state index in [1.807, 2.05) is 13.0 Å². The van der Waals surface area contributed by atoms with Crippen LogP contribution in [-0.4, -0.2) is 59.7 Å². The molecule has 0 fully saturated rings. The smallest absolute Gasteiger partial charge is 0.312 e. The minimum atomic E-state index is -0.616. The molecule has 2 aliphatic heterocycles. The van der Waals surface area contributed by atoms with Gasteiger partial charge < -0.3 is 14.3 Å². The number of H-pyrrole nitrogens is 1. The molecule has 0 unspecified atom stereocenters. The number of aliphatic imine (C=N–C) groups is 1. The summed E-state index contributed by atoms with van der Waals surface area (Å²) in [7, 11) is 0. The van der Waals surface area contributed by atoms with Crippen molar-refractivity contribution >= 4 is 11.6 Å². The maximum atomic E-state index is 14.8. The zero-order valence-corrected chi connectivity index (χ0v) is 19.1. The summed E-state index contributed by atoms with van der Waals surface area (Å²) >= 11 is 0. The Morgan fingerprint density at radius 1 is 1.26 bits per heavy atom. The number of hydrogen-bond donors (Lipinski definition) is 1. The fourth-order valence-electron chi connectivity index (χ4n) is 4.08. The Bertz CT molecular complexity index is 1340. The van der Waals surface area contributed by atoms with Crippen molar-refractivity contribution in [2.75, 3.05) is 13.1 Å².